The number of fused-ring (bicyclic) bond motifs is 6. The Bertz CT molecular complexity index is 2180. The Kier molecular flexibility index (Phi) is 6.51. The molecule has 3 unspecified atom stereocenters. The van der Waals surface area contributed by atoms with Gasteiger partial charge in [-0.25, -0.2) is 0 Å². The summed E-state index contributed by atoms with van der Waals surface area (Å²) in [6, 6.07) is 46.1. The van der Waals surface area contributed by atoms with Crippen LogP contribution in [-0.4, -0.2) is 0 Å². The largest absolute Gasteiger partial charge is 0.310 e. The van der Waals surface area contributed by atoms with Crippen LogP contribution in [0.3, 0.4) is 0 Å². The van der Waals surface area contributed by atoms with E-state index in [1.54, 1.807) is 0 Å². The summed E-state index contributed by atoms with van der Waals surface area (Å²) >= 11 is 0. The molecule has 2 saturated carbocycles. The van der Waals surface area contributed by atoms with E-state index in [1.807, 2.05) is 0 Å². The molecule has 9 rings (SSSR count). The number of anilines is 3. The van der Waals surface area contributed by atoms with Gasteiger partial charge in [0.05, 0.1) is 5.69 Å². The Hall–Kier alpha value is -4.62. The normalized spacial score (nSPS) is 20.4. The molecule has 1 heteroatoms. The third kappa shape index (κ3) is 4.43. The number of hydrogen-bond donors (Lipinski definition) is 0. The van der Waals surface area contributed by atoms with E-state index in [1.165, 1.54) is 104 Å². The second-order valence-corrected chi connectivity index (χ2v) is 15.1. The van der Waals surface area contributed by atoms with Crippen molar-refractivity contribution in [2.24, 2.45) is 11.8 Å². The third-order valence-corrected chi connectivity index (χ3v) is 12.0. The molecular weight excluding hydrogens is 567 g/mol. The van der Waals surface area contributed by atoms with E-state index in [9.17, 15) is 0 Å². The van der Waals surface area contributed by atoms with Gasteiger partial charge in [-0.05, 0) is 136 Å². The fourth-order valence-corrected chi connectivity index (χ4v) is 9.64. The quantitative estimate of drug-likeness (QED) is 0.188. The Morgan fingerprint density at radius 3 is 2.11 bits per heavy atom. The minimum atomic E-state index is -0.0786. The van der Waals surface area contributed by atoms with Crippen LogP contribution in [0.1, 0.15) is 73.3 Å². The molecule has 0 radical (unpaired) electrons. The molecule has 0 N–H and O–H groups in total. The van der Waals surface area contributed by atoms with Crippen molar-refractivity contribution >= 4 is 27.8 Å². The molecule has 0 aliphatic heterocycles. The molecule has 2 fully saturated rings. The lowest BCUT2D eigenvalue weighted by Crippen LogP contribution is -2.19. The number of rotatable bonds is 5. The molecule has 3 aliphatic rings. The van der Waals surface area contributed by atoms with E-state index in [-0.39, 0.29) is 5.41 Å². The lowest BCUT2D eigenvalue weighted by molar-refractivity contribution is 0.420. The van der Waals surface area contributed by atoms with Gasteiger partial charge in [0.15, 0.2) is 0 Å². The summed E-state index contributed by atoms with van der Waals surface area (Å²) < 4.78 is 0. The van der Waals surface area contributed by atoms with E-state index in [4.69, 9.17) is 0 Å². The first kappa shape index (κ1) is 28.6. The first-order valence-corrected chi connectivity index (χ1v) is 17.6. The zero-order valence-electron chi connectivity index (χ0n) is 28.1. The number of hydrogen-bond acceptors (Lipinski definition) is 1. The fourth-order valence-electron chi connectivity index (χ4n) is 9.64. The van der Waals surface area contributed by atoms with Crippen LogP contribution < -0.4 is 4.90 Å². The van der Waals surface area contributed by atoms with Gasteiger partial charge in [0.1, 0.15) is 0 Å². The maximum Gasteiger partial charge on any atom is 0.0546 e. The van der Waals surface area contributed by atoms with E-state index in [0.717, 1.165) is 11.8 Å². The van der Waals surface area contributed by atoms with Gasteiger partial charge in [0, 0.05) is 22.4 Å². The van der Waals surface area contributed by atoms with Crippen LogP contribution in [0.5, 0.6) is 0 Å². The average molecular weight is 610 g/mol. The maximum atomic E-state index is 2.63. The van der Waals surface area contributed by atoms with Gasteiger partial charge in [-0.3, -0.25) is 0 Å². The van der Waals surface area contributed by atoms with Crippen molar-refractivity contribution < 1.29 is 0 Å². The van der Waals surface area contributed by atoms with Gasteiger partial charge in [0.25, 0.3) is 0 Å². The van der Waals surface area contributed by atoms with Crippen molar-refractivity contribution in [1.29, 1.82) is 0 Å². The van der Waals surface area contributed by atoms with Crippen LogP contribution in [0.25, 0.3) is 33.0 Å². The van der Waals surface area contributed by atoms with E-state index < -0.39 is 0 Å². The standard InChI is InChI=1S/C46H43N/c1-29-12-5-8-16-36(29)40-26-32-14-6-7-15-33(32)27-44(40)47(43-19-10-9-17-37(43)39-25-31-20-21-34(39)24-31)35-22-23-38-42(28-35)46(3,4)41-18-11-13-30(2)45(38)41/h5-19,22-23,26-28,31,34,39H,20-21,24-25H2,1-4H3. The van der Waals surface area contributed by atoms with E-state index in [2.05, 4.69) is 154 Å². The first-order chi connectivity index (χ1) is 22.9. The molecule has 2 bridgehead atoms. The second kappa shape index (κ2) is 10.7. The molecule has 0 aromatic heterocycles. The van der Waals surface area contributed by atoms with Crippen LogP contribution >= 0.6 is 0 Å². The molecular formula is C46H43N. The Balaban J connectivity index is 1.33. The topological polar surface area (TPSA) is 3.24 Å². The zero-order valence-corrected chi connectivity index (χ0v) is 28.1. The summed E-state index contributed by atoms with van der Waals surface area (Å²) in [5, 5.41) is 2.55. The van der Waals surface area contributed by atoms with Crippen molar-refractivity contribution in [2.45, 2.75) is 64.7 Å². The van der Waals surface area contributed by atoms with Crippen LogP contribution in [0, 0.1) is 25.7 Å². The van der Waals surface area contributed by atoms with Crippen molar-refractivity contribution in [3.8, 4) is 22.3 Å². The lowest BCUT2D eigenvalue weighted by atomic mass is 9.81. The van der Waals surface area contributed by atoms with E-state index >= 15 is 0 Å². The molecule has 6 aromatic carbocycles. The fraction of sp³-hybridized carbons (Fsp3) is 0.261. The van der Waals surface area contributed by atoms with Crippen molar-refractivity contribution in [3.05, 3.63) is 149 Å². The average Bonchev–Trinajstić information content (AvgIpc) is 3.78. The molecule has 3 atom stereocenters. The van der Waals surface area contributed by atoms with Crippen LogP contribution in [-0.2, 0) is 5.41 Å². The van der Waals surface area contributed by atoms with Gasteiger partial charge in [-0.1, -0.05) is 111 Å². The SMILES string of the molecule is Cc1ccccc1-c1cc2ccccc2cc1N(c1ccc2c(c1)C(C)(C)c1cccc(C)c1-2)c1ccccc1C1CC2CCC1C2. The second-order valence-electron chi connectivity index (χ2n) is 15.1. The number of aryl methyl sites for hydroxylation is 2. The van der Waals surface area contributed by atoms with Crippen molar-refractivity contribution in [1.82, 2.24) is 0 Å². The monoisotopic (exact) mass is 609 g/mol. The van der Waals surface area contributed by atoms with Crippen LogP contribution in [0.2, 0.25) is 0 Å². The lowest BCUT2D eigenvalue weighted by Gasteiger charge is -2.34. The molecule has 6 aromatic rings. The highest BCUT2D eigenvalue weighted by Crippen LogP contribution is 2.57. The molecule has 3 aliphatic carbocycles. The summed E-state index contributed by atoms with van der Waals surface area (Å²) in [4.78, 5) is 2.63. The minimum Gasteiger partial charge on any atom is -0.310 e. The molecule has 1 nitrogen and oxygen atoms in total. The summed E-state index contributed by atoms with van der Waals surface area (Å²) in [5.41, 5.74) is 16.1. The Labute approximate surface area is 279 Å². The molecule has 232 valence electrons. The Morgan fingerprint density at radius 1 is 0.574 bits per heavy atom. The highest BCUT2D eigenvalue weighted by molar-refractivity contribution is 5.99. The highest BCUT2D eigenvalue weighted by Gasteiger charge is 2.42. The maximum absolute atomic E-state index is 2.63. The summed E-state index contributed by atoms with van der Waals surface area (Å²) in [6.45, 7) is 9.32. The molecule has 0 heterocycles. The summed E-state index contributed by atoms with van der Waals surface area (Å²) in [5.74, 6) is 2.30. The molecule has 0 spiro atoms. The predicted molar refractivity (Wildman–Crippen MR) is 199 cm³/mol. The number of nitrogens with zero attached hydrogens (tertiary/aromatic N) is 1. The predicted octanol–water partition coefficient (Wildman–Crippen LogP) is 12.8. The van der Waals surface area contributed by atoms with Crippen molar-refractivity contribution in [3.63, 3.8) is 0 Å². The van der Waals surface area contributed by atoms with Crippen LogP contribution in [0.15, 0.2) is 121 Å². The number of para-hydroxylation sites is 1. The Morgan fingerprint density at radius 2 is 1.32 bits per heavy atom. The highest BCUT2D eigenvalue weighted by atomic mass is 15.1. The van der Waals surface area contributed by atoms with Gasteiger partial charge >= 0.3 is 0 Å². The van der Waals surface area contributed by atoms with Gasteiger partial charge < -0.3 is 4.90 Å². The molecule has 0 amide bonds. The first-order valence-electron chi connectivity index (χ1n) is 17.6. The molecule has 47 heavy (non-hydrogen) atoms. The van der Waals surface area contributed by atoms with Crippen LogP contribution in [0.4, 0.5) is 17.1 Å². The molecule has 0 saturated heterocycles. The van der Waals surface area contributed by atoms with E-state index in [0.29, 0.717) is 5.92 Å². The van der Waals surface area contributed by atoms with Crippen molar-refractivity contribution in [2.75, 3.05) is 4.90 Å². The van der Waals surface area contributed by atoms with Gasteiger partial charge in [-0.15, -0.1) is 0 Å². The summed E-state index contributed by atoms with van der Waals surface area (Å²) in [6.07, 6.45) is 5.51. The third-order valence-electron chi connectivity index (χ3n) is 12.0. The minimum absolute atomic E-state index is 0.0786. The zero-order chi connectivity index (χ0) is 31.9. The smallest absolute Gasteiger partial charge is 0.0546 e. The summed E-state index contributed by atoms with van der Waals surface area (Å²) in [7, 11) is 0. The van der Waals surface area contributed by atoms with Gasteiger partial charge in [0.2, 0.25) is 0 Å². The van der Waals surface area contributed by atoms with Gasteiger partial charge in [-0.2, -0.15) is 0 Å². The number of benzene rings is 6.